The lowest BCUT2D eigenvalue weighted by Gasteiger charge is -2.31. The number of nitrogens with zero attached hydrogens (tertiary/aromatic N) is 1. The molecule has 0 saturated carbocycles. The summed E-state index contributed by atoms with van der Waals surface area (Å²) in [5, 5.41) is 0. The van der Waals surface area contributed by atoms with E-state index in [1.54, 1.807) is 0 Å². The summed E-state index contributed by atoms with van der Waals surface area (Å²) in [5.74, 6) is 0. The molecule has 17 heavy (non-hydrogen) atoms. The van der Waals surface area contributed by atoms with Gasteiger partial charge >= 0.3 is 0 Å². The lowest BCUT2D eigenvalue weighted by atomic mass is 9.87. The average molecular weight is 234 g/mol. The molecule has 0 aliphatic carbocycles. The molecule has 0 aliphatic heterocycles. The molecule has 1 rings (SSSR count). The van der Waals surface area contributed by atoms with Gasteiger partial charge in [-0.2, -0.15) is 0 Å². The van der Waals surface area contributed by atoms with Crippen molar-refractivity contribution in [1.82, 2.24) is 4.90 Å². The third-order valence-electron chi connectivity index (χ3n) is 3.16. The third-order valence-corrected chi connectivity index (χ3v) is 3.16. The van der Waals surface area contributed by atoms with Crippen molar-refractivity contribution in [3.8, 4) is 0 Å². The first-order valence-corrected chi connectivity index (χ1v) is 6.28. The quantitative estimate of drug-likeness (QED) is 0.868. The molecule has 1 aromatic carbocycles. The molecule has 1 atom stereocenters. The predicted octanol–water partition coefficient (Wildman–Crippen LogP) is 2.80. The van der Waals surface area contributed by atoms with Gasteiger partial charge in [0.05, 0.1) is 0 Å². The maximum atomic E-state index is 6.19. The maximum absolute atomic E-state index is 6.19. The zero-order valence-corrected chi connectivity index (χ0v) is 11.8. The number of nitrogens with two attached hydrogens (primary N) is 1. The van der Waals surface area contributed by atoms with Gasteiger partial charge < -0.3 is 10.6 Å². The highest BCUT2D eigenvalue weighted by atomic mass is 15.1. The van der Waals surface area contributed by atoms with Crippen molar-refractivity contribution in [2.24, 2.45) is 11.1 Å². The van der Waals surface area contributed by atoms with Crippen LogP contribution in [0.5, 0.6) is 0 Å². The van der Waals surface area contributed by atoms with Gasteiger partial charge in [-0.1, -0.05) is 50.6 Å². The number of hydrogen-bond donors (Lipinski definition) is 1. The van der Waals surface area contributed by atoms with Gasteiger partial charge in [0.1, 0.15) is 0 Å². The van der Waals surface area contributed by atoms with Crippen LogP contribution in [0.3, 0.4) is 0 Å². The minimum Gasteiger partial charge on any atom is -0.326 e. The maximum Gasteiger partial charge on any atom is 0.0231 e. The minimum absolute atomic E-state index is 0.168. The Balaban J connectivity index is 2.53. The molecule has 0 radical (unpaired) electrons. The number of hydrogen-bond acceptors (Lipinski definition) is 2. The molecule has 1 unspecified atom stereocenters. The van der Waals surface area contributed by atoms with Crippen molar-refractivity contribution in [1.29, 1.82) is 0 Å². The summed E-state index contributed by atoms with van der Waals surface area (Å²) in [6, 6.07) is 8.86. The Morgan fingerprint density at radius 3 is 2.47 bits per heavy atom. The van der Waals surface area contributed by atoms with Crippen LogP contribution in [0.2, 0.25) is 0 Å². The Morgan fingerprint density at radius 1 is 1.29 bits per heavy atom. The van der Waals surface area contributed by atoms with Crippen molar-refractivity contribution >= 4 is 0 Å². The van der Waals surface area contributed by atoms with E-state index >= 15 is 0 Å². The zero-order chi connectivity index (χ0) is 13.1. The first-order chi connectivity index (χ1) is 7.79. The molecule has 1 aromatic rings. The highest BCUT2D eigenvalue weighted by Gasteiger charge is 2.21. The molecule has 0 aromatic heterocycles. The lowest BCUT2D eigenvalue weighted by Crippen LogP contribution is -2.43. The van der Waals surface area contributed by atoms with Crippen LogP contribution in [0.1, 0.15) is 31.9 Å². The van der Waals surface area contributed by atoms with Crippen LogP contribution in [0.4, 0.5) is 0 Å². The molecular formula is C15H26N2. The summed E-state index contributed by atoms with van der Waals surface area (Å²) >= 11 is 0. The van der Waals surface area contributed by atoms with Gasteiger partial charge in [-0.05, 0) is 24.9 Å². The molecule has 0 spiro atoms. The largest absolute Gasteiger partial charge is 0.326 e. The molecule has 0 saturated heterocycles. The van der Waals surface area contributed by atoms with Crippen molar-refractivity contribution in [2.75, 3.05) is 13.6 Å². The first-order valence-electron chi connectivity index (χ1n) is 6.28. The van der Waals surface area contributed by atoms with Gasteiger partial charge in [0.15, 0.2) is 0 Å². The van der Waals surface area contributed by atoms with Crippen LogP contribution < -0.4 is 5.73 Å². The summed E-state index contributed by atoms with van der Waals surface area (Å²) in [6.07, 6.45) is 0. The third kappa shape index (κ3) is 4.88. The molecule has 0 amide bonds. The number of aryl methyl sites for hydroxylation is 1. The fourth-order valence-electron chi connectivity index (χ4n) is 1.80. The molecule has 96 valence electrons. The summed E-state index contributed by atoms with van der Waals surface area (Å²) < 4.78 is 0. The standard InChI is InChI=1S/C15H26N2/c1-12-7-6-8-13(9-12)10-17(5)11-14(16)15(2,3)4/h6-9,14H,10-11,16H2,1-5H3. The minimum atomic E-state index is 0.168. The highest BCUT2D eigenvalue weighted by Crippen LogP contribution is 2.18. The Hall–Kier alpha value is -0.860. The highest BCUT2D eigenvalue weighted by molar-refractivity contribution is 5.22. The van der Waals surface area contributed by atoms with Crippen LogP contribution >= 0.6 is 0 Å². The van der Waals surface area contributed by atoms with E-state index in [2.05, 4.69) is 63.9 Å². The Labute approximate surface area is 106 Å². The second-order valence-corrected chi connectivity index (χ2v) is 6.16. The summed E-state index contributed by atoms with van der Waals surface area (Å²) in [6.45, 7) is 10.6. The Kier molecular flexibility index (Phi) is 4.72. The smallest absolute Gasteiger partial charge is 0.0231 e. The van der Waals surface area contributed by atoms with Crippen LogP contribution in [0.25, 0.3) is 0 Å². The van der Waals surface area contributed by atoms with E-state index < -0.39 is 0 Å². The van der Waals surface area contributed by atoms with Crippen molar-refractivity contribution < 1.29 is 0 Å². The van der Waals surface area contributed by atoms with E-state index in [9.17, 15) is 0 Å². The molecule has 2 nitrogen and oxygen atoms in total. The molecule has 0 heterocycles. The van der Waals surface area contributed by atoms with E-state index in [-0.39, 0.29) is 11.5 Å². The number of benzene rings is 1. The predicted molar refractivity (Wildman–Crippen MR) is 74.9 cm³/mol. The molecule has 0 aliphatic rings. The van der Waals surface area contributed by atoms with Gasteiger partial charge in [-0.25, -0.2) is 0 Å². The Morgan fingerprint density at radius 2 is 1.94 bits per heavy atom. The average Bonchev–Trinajstić information content (AvgIpc) is 2.15. The fraction of sp³-hybridized carbons (Fsp3) is 0.600. The van der Waals surface area contributed by atoms with Gasteiger partial charge in [0, 0.05) is 19.1 Å². The first kappa shape index (κ1) is 14.2. The Bertz CT molecular complexity index is 352. The number of rotatable bonds is 4. The summed E-state index contributed by atoms with van der Waals surface area (Å²) in [5.41, 5.74) is 9.03. The normalized spacial score (nSPS) is 14.1. The molecule has 2 heteroatoms. The zero-order valence-electron chi connectivity index (χ0n) is 11.8. The van der Waals surface area contributed by atoms with Gasteiger partial charge in [-0.3, -0.25) is 0 Å². The lowest BCUT2D eigenvalue weighted by molar-refractivity contribution is 0.222. The van der Waals surface area contributed by atoms with Crippen molar-refractivity contribution in [3.05, 3.63) is 35.4 Å². The molecule has 2 N–H and O–H groups in total. The van der Waals surface area contributed by atoms with Crippen LogP contribution in [0.15, 0.2) is 24.3 Å². The second kappa shape index (κ2) is 5.65. The van der Waals surface area contributed by atoms with Gasteiger partial charge in [0.2, 0.25) is 0 Å². The van der Waals surface area contributed by atoms with E-state index in [0.717, 1.165) is 13.1 Å². The van der Waals surface area contributed by atoms with Gasteiger partial charge in [-0.15, -0.1) is 0 Å². The van der Waals surface area contributed by atoms with E-state index in [4.69, 9.17) is 5.73 Å². The topological polar surface area (TPSA) is 29.3 Å². The number of likely N-dealkylation sites (N-methyl/N-ethyl adjacent to an activating group) is 1. The van der Waals surface area contributed by atoms with Crippen LogP contribution in [-0.4, -0.2) is 24.5 Å². The summed E-state index contributed by atoms with van der Waals surface area (Å²) in [7, 11) is 2.13. The molecule has 0 bridgehead atoms. The van der Waals surface area contributed by atoms with E-state index in [0.29, 0.717) is 0 Å². The van der Waals surface area contributed by atoms with E-state index in [1.807, 2.05) is 0 Å². The molecule has 0 fully saturated rings. The van der Waals surface area contributed by atoms with Crippen LogP contribution in [-0.2, 0) is 6.54 Å². The second-order valence-electron chi connectivity index (χ2n) is 6.16. The summed E-state index contributed by atoms with van der Waals surface area (Å²) in [4.78, 5) is 2.30. The molecular weight excluding hydrogens is 208 g/mol. The van der Waals surface area contributed by atoms with Crippen LogP contribution in [0, 0.1) is 12.3 Å². The monoisotopic (exact) mass is 234 g/mol. The fourth-order valence-corrected chi connectivity index (χ4v) is 1.80. The SMILES string of the molecule is Cc1cccc(CN(C)CC(N)C(C)(C)C)c1. The van der Waals surface area contributed by atoms with E-state index in [1.165, 1.54) is 11.1 Å². The van der Waals surface area contributed by atoms with Crippen molar-refractivity contribution in [2.45, 2.75) is 40.3 Å². The van der Waals surface area contributed by atoms with Gasteiger partial charge in [0.25, 0.3) is 0 Å². The van der Waals surface area contributed by atoms with Crippen molar-refractivity contribution in [3.63, 3.8) is 0 Å².